The molecule has 0 fully saturated rings. The highest BCUT2D eigenvalue weighted by Gasteiger charge is 2.08. The van der Waals surface area contributed by atoms with Crippen molar-refractivity contribution in [2.75, 3.05) is 13.3 Å². The van der Waals surface area contributed by atoms with E-state index in [2.05, 4.69) is 52.6 Å². The van der Waals surface area contributed by atoms with E-state index in [0.717, 1.165) is 18.8 Å². The third kappa shape index (κ3) is 4.08. The number of aromatic nitrogens is 2. The zero-order valence-corrected chi connectivity index (χ0v) is 12.4. The molecule has 0 saturated heterocycles. The first-order valence-corrected chi connectivity index (χ1v) is 7.56. The number of hydrogen-bond donors (Lipinski definition) is 0. The molecule has 0 aliphatic carbocycles. The van der Waals surface area contributed by atoms with Gasteiger partial charge in [-0.1, -0.05) is 24.2 Å². The fourth-order valence-electron chi connectivity index (χ4n) is 1.84. The summed E-state index contributed by atoms with van der Waals surface area (Å²) in [6, 6.07) is 8.63. The van der Waals surface area contributed by atoms with Crippen LogP contribution in [0.4, 0.5) is 0 Å². The minimum Gasteiger partial charge on any atom is -0.339 e. The Bertz CT molecular complexity index is 510. The maximum Gasteiger partial charge on any atom is 0.226 e. The van der Waals surface area contributed by atoms with E-state index in [9.17, 15) is 0 Å². The lowest BCUT2D eigenvalue weighted by molar-refractivity contribution is 0.300. The van der Waals surface area contributed by atoms with Gasteiger partial charge in [0.25, 0.3) is 0 Å². The average molecular weight is 277 g/mol. The Morgan fingerprint density at radius 2 is 1.95 bits per heavy atom. The van der Waals surface area contributed by atoms with E-state index in [1.807, 2.05) is 6.92 Å². The molecule has 0 spiro atoms. The Morgan fingerprint density at radius 3 is 2.53 bits per heavy atom. The largest absolute Gasteiger partial charge is 0.339 e. The van der Waals surface area contributed by atoms with Gasteiger partial charge >= 0.3 is 0 Å². The zero-order chi connectivity index (χ0) is 13.7. The molecule has 0 N–H and O–H groups in total. The minimum atomic E-state index is 0.702. The molecule has 5 heteroatoms. The van der Waals surface area contributed by atoms with Gasteiger partial charge in [-0.05, 0) is 31.0 Å². The van der Waals surface area contributed by atoms with Crippen LogP contribution in [-0.4, -0.2) is 28.3 Å². The topological polar surface area (TPSA) is 42.2 Å². The molecule has 1 heterocycles. The standard InChI is InChI=1S/C14H19N3OS/c1-4-14-15-13(16-18-14)10-17(2)9-11-5-7-12(19-3)8-6-11/h5-8H,4,9-10H2,1-3H3. The second kappa shape index (κ2) is 6.73. The average Bonchev–Trinajstić information content (AvgIpc) is 2.87. The summed E-state index contributed by atoms with van der Waals surface area (Å²) in [5.74, 6) is 1.45. The number of benzene rings is 1. The fraction of sp³-hybridized carbons (Fsp3) is 0.429. The summed E-state index contributed by atoms with van der Waals surface area (Å²) < 4.78 is 5.10. The van der Waals surface area contributed by atoms with Crippen molar-refractivity contribution in [3.63, 3.8) is 0 Å². The van der Waals surface area contributed by atoms with Crippen LogP contribution < -0.4 is 0 Å². The highest BCUT2D eigenvalue weighted by molar-refractivity contribution is 7.98. The van der Waals surface area contributed by atoms with Gasteiger partial charge in [-0.15, -0.1) is 11.8 Å². The van der Waals surface area contributed by atoms with Crippen LogP contribution in [-0.2, 0) is 19.5 Å². The molecule has 1 aromatic carbocycles. The molecule has 0 saturated carbocycles. The Kier molecular flexibility index (Phi) is 4.99. The van der Waals surface area contributed by atoms with Gasteiger partial charge in [0.2, 0.25) is 5.89 Å². The highest BCUT2D eigenvalue weighted by Crippen LogP contribution is 2.16. The Labute approximate surface area is 118 Å². The second-order valence-corrected chi connectivity index (χ2v) is 5.36. The van der Waals surface area contributed by atoms with Gasteiger partial charge < -0.3 is 4.52 Å². The van der Waals surface area contributed by atoms with Gasteiger partial charge in [0, 0.05) is 17.9 Å². The van der Waals surface area contributed by atoms with E-state index < -0.39 is 0 Å². The van der Waals surface area contributed by atoms with Crippen molar-refractivity contribution in [3.8, 4) is 0 Å². The molecule has 2 aromatic rings. The van der Waals surface area contributed by atoms with Gasteiger partial charge in [0.15, 0.2) is 5.82 Å². The van der Waals surface area contributed by atoms with Crippen LogP contribution in [0.25, 0.3) is 0 Å². The molecule has 4 nitrogen and oxygen atoms in total. The predicted octanol–water partition coefficient (Wildman–Crippen LogP) is 2.99. The number of hydrogen-bond acceptors (Lipinski definition) is 5. The maximum absolute atomic E-state index is 5.10. The van der Waals surface area contributed by atoms with Gasteiger partial charge in [-0.3, -0.25) is 4.90 Å². The van der Waals surface area contributed by atoms with Crippen LogP contribution in [0.15, 0.2) is 33.7 Å². The van der Waals surface area contributed by atoms with E-state index in [0.29, 0.717) is 12.4 Å². The zero-order valence-electron chi connectivity index (χ0n) is 11.6. The summed E-state index contributed by atoms with van der Waals surface area (Å²) in [6.07, 6.45) is 2.87. The Balaban J connectivity index is 1.90. The lowest BCUT2D eigenvalue weighted by Gasteiger charge is -2.14. The summed E-state index contributed by atoms with van der Waals surface area (Å²) in [4.78, 5) is 7.78. The molecular weight excluding hydrogens is 258 g/mol. The summed E-state index contributed by atoms with van der Waals surface area (Å²) in [5, 5.41) is 3.96. The van der Waals surface area contributed by atoms with Crippen molar-refractivity contribution >= 4 is 11.8 Å². The van der Waals surface area contributed by atoms with Crippen LogP contribution >= 0.6 is 11.8 Å². The fourth-order valence-corrected chi connectivity index (χ4v) is 2.25. The quantitative estimate of drug-likeness (QED) is 0.759. The Morgan fingerprint density at radius 1 is 1.21 bits per heavy atom. The van der Waals surface area contributed by atoms with Crippen molar-refractivity contribution in [2.24, 2.45) is 0 Å². The van der Waals surface area contributed by atoms with Crippen molar-refractivity contribution < 1.29 is 4.52 Å². The van der Waals surface area contributed by atoms with Gasteiger partial charge in [-0.2, -0.15) is 4.98 Å². The molecule has 19 heavy (non-hydrogen) atoms. The molecule has 0 bridgehead atoms. The van der Waals surface area contributed by atoms with Crippen LogP contribution in [0.2, 0.25) is 0 Å². The predicted molar refractivity (Wildman–Crippen MR) is 77.1 cm³/mol. The molecule has 0 aliphatic heterocycles. The number of aryl methyl sites for hydroxylation is 1. The summed E-state index contributed by atoms with van der Waals surface area (Å²) in [7, 11) is 2.06. The van der Waals surface area contributed by atoms with Crippen molar-refractivity contribution in [1.29, 1.82) is 0 Å². The Hall–Kier alpha value is -1.33. The van der Waals surface area contributed by atoms with Gasteiger partial charge in [0.1, 0.15) is 0 Å². The monoisotopic (exact) mass is 277 g/mol. The molecule has 0 atom stereocenters. The van der Waals surface area contributed by atoms with E-state index in [1.54, 1.807) is 11.8 Å². The summed E-state index contributed by atoms with van der Waals surface area (Å²) in [5.41, 5.74) is 1.29. The molecule has 0 radical (unpaired) electrons. The first-order chi connectivity index (χ1) is 9.21. The van der Waals surface area contributed by atoms with Crippen molar-refractivity contribution in [1.82, 2.24) is 15.0 Å². The minimum absolute atomic E-state index is 0.702. The van der Waals surface area contributed by atoms with Crippen LogP contribution in [0.5, 0.6) is 0 Å². The van der Waals surface area contributed by atoms with Crippen LogP contribution in [0.3, 0.4) is 0 Å². The summed E-state index contributed by atoms with van der Waals surface area (Å²) >= 11 is 1.76. The SMILES string of the molecule is CCc1nc(CN(C)Cc2ccc(SC)cc2)no1. The number of rotatable bonds is 6. The van der Waals surface area contributed by atoms with E-state index in [4.69, 9.17) is 4.52 Å². The summed E-state index contributed by atoms with van der Waals surface area (Å²) in [6.45, 7) is 3.59. The van der Waals surface area contributed by atoms with Gasteiger partial charge in [0.05, 0.1) is 6.54 Å². The molecular formula is C14H19N3OS. The maximum atomic E-state index is 5.10. The number of thioether (sulfide) groups is 1. The van der Waals surface area contributed by atoms with Crippen molar-refractivity contribution in [2.45, 2.75) is 31.3 Å². The molecule has 0 aliphatic rings. The molecule has 102 valence electrons. The molecule has 1 aromatic heterocycles. The van der Waals surface area contributed by atoms with Crippen LogP contribution in [0.1, 0.15) is 24.2 Å². The molecule has 0 unspecified atom stereocenters. The smallest absolute Gasteiger partial charge is 0.226 e. The first kappa shape index (κ1) is 14.1. The van der Waals surface area contributed by atoms with Crippen molar-refractivity contribution in [3.05, 3.63) is 41.5 Å². The third-order valence-electron chi connectivity index (χ3n) is 2.84. The van der Waals surface area contributed by atoms with E-state index >= 15 is 0 Å². The molecule has 0 amide bonds. The third-order valence-corrected chi connectivity index (χ3v) is 3.58. The van der Waals surface area contributed by atoms with Crippen LogP contribution in [0, 0.1) is 0 Å². The highest BCUT2D eigenvalue weighted by atomic mass is 32.2. The number of nitrogens with zero attached hydrogens (tertiary/aromatic N) is 3. The first-order valence-electron chi connectivity index (χ1n) is 6.34. The lowest BCUT2D eigenvalue weighted by atomic mass is 10.2. The van der Waals surface area contributed by atoms with Gasteiger partial charge in [-0.25, -0.2) is 0 Å². The normalized spacial score (nSPS) is 11.2. The van der Waals surface area contributed by atoms with E-state index in [-0.39, 0.29) is 0 Å². The van der Waals surface area contributed by atoms with E-state index in [1.165, 1.54) is 10.5 Å². The second-order valence-electron chi connectivity index (χ2n) is 4.48. The lowest BCUT2D eigenvalue weighted by Crippen LogP contribution is -2.18. The molecule has 2 rings (SSSR count).